The molecule has 0 aliphatic carbocycles. The van der Waals surface area contributed by atoms with Gasteiger partial charge in [0.15, 0.2) is 0 Å². The smallest absolute Gasteiger partial charge is 0.335 e. The predicted molar refractivity (Wildman–Crippen MR) is 91.5 cm³/mol. The molecule has 0 aliphatic rings. The van der Waals surface area contributed by atoms with Gasteiger partial charge in [0.2, 0.25) is 0 Å². The first-order valence-electron chi connectivity index (χ1n) is 6.26. The molecular weight excluding hydrogens is 345 g/mol. The predicted octanol–water partition coefficient (Wildman–Crippen LogP) is 0.907. The molecule has 0 fully saturated rings. The van der Waals surface area contributed by atoms with E-state index in [1.54, 1.807) is 13.8 Å². The zero-order valence-electron chi connectivity index (χ0n) is 14.7. The minimum Gasteiger partial charge on any atom is -0.478 e. The summed E-state index contributed by atoms with van der Waals surface area (Å²) in [5.74, 6) is -4.07. The first-order valence-corrected chi connectivity index (χ1v) is 6.26. The second kappa shape index (κ2) is 13.6. The standard InChI is InChI=1S/C15H16O6.3Na/c1-8(2)12(15(20)21)11(14(18)19)7-9-3-5-10(6-4-9)13(16)17;;;/h3-6,8H,7H2,1-2H3,(H,16,17)(H,18,19)(H,20,21);;;. The SMILES string of the molecule is CC(C)C(C(=O)O)=C(Cc1ccc(C(=O)O)cc1)C(=O)O.[Na].[Na].[Na]. The van der Waals surface area contributed by atoms with Gasteiger partial charge in [-0.05, 0) is 23.6 Å². The normalized spacial score (nSPS) is 10.5. The Morgan fingerprint density at radius 2 is 1.33 bits per heavy atom. The summed E-state index contributed by atoms with van der Waals surface area (Å²) in [6.45, 7) is 3.22. The maximum absolute atomic E-state index is 11.3. The van der Waals surface area contributed by atoms with Crippen molar-refractivity contribution < 1.29 is 29.7 Å². The van der Waals surface area contributed by atoms with Crippen molar-refractivity contribution in [1.82, 2.24) is 0 Å². The van der Waals surface area contributed by atoms with Crippen molar-refractivity contribution in [2.45, 2.75) is 20.3 Å². The van der Waals surface area contributed by atoms with Crippen LogP contribution in [0, 0.1) is 5.92 Å². The van der Waals surface area contributed by atoms with E-state index in [0.29, 0.717) is 5.56 Å². The topological polar surface area (TPSA) is 112 Å². The van der Waals surface area contributed by atoms with Gasteiger partial charge in [-0.15, -0.1) is 0 Å². The van der Waals surface area contributed by atoms with Crippen LogP contribution in [0.1, 0.15) is 29.8 Å². The summed E-state index contributed by atoms with van der Waals surface area (Å²) in [7, 11) is 0. The number of carbonyl (C=O) groups is 3. The molecular formula is C15H16Na3O6. The molecule has 0 saturated heterocycles. The maximum Gasteiger partial charge on any atom is 0.335 e. The zero-order chi connectivity index (χ0) is 16.2. The van der Waals surface area contributed by atoms with E-state index in [2.05, 4.69) is 0 Å². The minimum atomic E-state index is -1.29. The van der Waals surface area contributed by atoms with Crippen LogP contribution >= 0.6 is 0 Å². The number of aromatic carboxylic acids is 1. The number of carboxylic acids is 3. The van der Waals surface area contributed by atoms with E-state index in [1.807, 2.05) is 0 Å². The minimum absolute atomic E-state index is 0. The van der Waals surface area contributed by atoms with Crippen LogP contribution < -0.4 is 0 Å². The Kier molecular flexibility index (Phi) is 16.5. The third-order valence-corrected chi connectivity index (χ3v) is 2.97. The van der Waals surface area contributed by atoms with Crippen LogP contribution in [0.25, 0.3) is 0 Å². The largest absolute Gasteiger partial charge is 0.478 e. The van der Waals surface area contributed by atoms with Crippen LogP contribution in [0.5, 0.6) is 0 Å². The fourth-order valence-corrected chi connectivity index (χ4v) is 1.98. The van der Waals surface area contributed by atoms with Gasteiger partial charge in [-0.3, -0.25) is 0 Å². The number of hydrogen-bond acceptors (Lipinski definition) is 3. The zero-order valence-corrected chi connectivity index (χ0v) is 20.7. The Labute approximate surface area is 206 Å². The van der Waals surface area contributed by atoms with Crippen molar-refractivity contribution in [3.05, 3.63) is 46.5 Å². The van der Waals surface area contributed by atoms with Crippen molar-refractivity contribution in [2.75, 3.05) is 0 Å². The molecule has 0 atom stereocenters. The molecule has 6 nitrogen and oxygen atoms in total. The number of rotatable bonds is 6. The molecule has 3 radical (unpaired) electrons. The first kappa shape index (κ1) is 29.1. The van der Waals surface area contributed by atoms with Gasteiger partial charge >= 0.3 is 17.9 Å². The summed E-state index contributed by atoms with van der Waals surface area (Å²) < 4.78 is 0. The molecule has 9 heteroatoms. The van der Waals surface area contributed by atoms with Crippen molar-refractivity contribution in [3.8, 4) is 0 Å². The average Bonchev–Trinajstić information content (AvgIpc) is 2.37. The van der Waals surface area contributed by atoms with E-state index >= 15 is 0 Å². The summed E-state index contributed by atoms with van der Waals surface area (Å²) in [4.78, 5) is 33.3. The van der Waals surface area contributed by atoms with E-state index in [-0.39, 0.29) is 112 Å². The summed E-state index contributed by atoms with van der Waals surface area (Å²) in [6, 6.07) is 5.66. The molecule has 1 aromatic carbocycles. The molecule has 0 heterocycles. The second-order valence-electron chi connectivity index (χ2n) is 4.84. The Hall–Kier alpha value is 0.370. The van der Waals surface area contributed by atoms with Gasteiger partial charge in [0.1, 0.15) is 0 Å². The van der Waals surface area contributed by atoms with Gasteiger partial charge < -0.3 is 15.3 Å². The summed E-state index contributed by atoms with van der Waals surface area (Å²) in [6.07, 6.45) is -0.0744. The van der Waals surface area contributed by atoms with E-state index < -0.39 is 23.8 Å². The molecule has 0 aromatic heterocycles. The Bertz CT molecular complexity index is 608. The fourth-order valence-electron chi connectivity index (χ4n) is 1.98. The summed E-state index contributed by atoms with van der Waals surface area (Å²) in [5, 5.41) is 27.2. The number of aliphatic carboxylic acids is 2. The molecule has 0 saturated carbocycles. The van der Waals surface area contributed by atoms with Crippen molar-refractivity contribution >= 4 is 107 Å². The van der Waals surface area contributed by atoms with Crippen LogP contribution in [0.4, 0.5) is 0 Å². The van der Waals surface area contributed by atoms with Gasteiger partial charge in [0.25, 0.3) is 0 Å². The second-order valence-corrected chi connectivity index (χ2v) is 4.84. The quantitative estimate of drug-likeness (QED) is 0.513. The molecule has 1 aromatic rings. The summed E-state index contributed by atoms with van der Waals surface area (Å²) >= 11 is 0. The first-order chi connectivity index (χ1) is 9.73. The number of carboxylic acid groups (broad SMARTS) is 3. The molecule has 1 rings (SSSR count). The summed E-state index contributed by atoms with van der Waals surface area (Å²) in [5.41, 5.74) is 0.282. The number of hydrogen-bond donors (Lipinski definition) is 3. The van der Waals surface area contributed by atoms with Crippen molar-refractivity contribution in [1.29, 1.82) is 0 Å². The third-order valence-electron chi connectivity index (χ3n) is 2.97. The Balaban J connectivity index is -0.00000147. The van der Waals surface area contributed by atoms with Crippen LogP contribution in [0.15, 0.2) is 35.4 Å². The van der Waals surface area contributed by atoms with Gasteiger partial charge in [-0.2, -0.15) is 0 Å². The molecule has 115 valence electrons. The molecule has 0 spiro atoms. The van der Waals surface area contributed by atoms with Crippen LogP contribution in [0.2, 0.25) is 0 Å². The van der Waals surface area contributed by atoms with Crippen molar-refractivity contribution in [3.63, 3.8) is 0 Å². The van der Waals surface area contributed by atoms with E-state index in [1.165, 1.54) is 24.3 Å². The van der Waals surface area contributed by atoms with E-state index in [9.17, 15) is 19.5 Å². The molecule has 0 aliphatic heterocycles. The Morgan fingerprint density at radius 3 is 1.62 bits per heavy atom. The van der Waals surface area contributed by atoms with Crippen LogP contribution in [-0.2, 0) is 16.0 Å². The Morgan fingerprint density at radius 1 is 0.875 bits per heavy atom. The van der Waals surface area contributed by atoms with Gasteiger partial charge in [0.05, 0.1) is 16.7 Å². The van der Waals surface area contributed by atoms with Gasteiger partial charge in [-0.25, -0.2) is 14.4 Å². The average molecular weight is 361 g/mol. The monoisotopic (exact) mass is 361 g/mol. The van der Waals surface area contributed by atoms with E-state index in [4.69, 9.17) is 10.2 Å². The van der Waals surface area contributed by atoms with E-state index in [0.717, 1.165) is 0 Å². The van der Waals surface area contributed by atoms with Crippen LogP contribution in [0.3, 0.4) is 0 Å². The van der Waals surface area contributed by atoms with Crippen molar-refractivity contribution in [2.24, 2.45) is 5.92 Å². The van der Waals surface area contributed by atoms with Gasteiger partial charge in [0, 0.05) is 95.1 Å². The van der Waals surface area contributed by atoms with Gasteiger partial charge in [-0.1, -0.05) is 26.0 Å². The molecule has 0 unspecified atom stereocenters. The molecule has 0 amide bonds. The van der Waals surface area contributed by atoms with Crippen LogP contribution in [-0.4, -0.2) is 122 Å². The fraction of sp³-hybridized carbons (Fsp3) is 0.267. The third kappa shape index (κ3) is 8.65. The maximum atomic E-state index is 11.3. The molecule has 24 heavy (non-hydrogen) atoms. The molecule has 0 bridgehead atoms. The molecule has 3 N–H and O–H groups in total. The number of benzene rings is 1.